The van der Waals surface area contributed by atoms with Gasteiger partial charge in [-0.05, 0) is 30.5 Å². The molecular weight excluding hydrogens is 350 g/mol. The Morgan fingerprint density at radius 3 is 2.31 bits per heavy atom. The Labute approximate surface area is 154 Å². The Hall–Kier alpha value is -2.18. The zero-order valence-electron chi connectivity index (χ0n) is 14.8. The van der Waals surface area contributed by atoms with E-state index in [9.17, 15) is 13.2 Å². The van der Waals surface area contributed by atoms with E-state index in [1.54, 1.807) is 0 Å². The summed E-state index contributed by atoms with van der Waals surface area (Å²) in [6, 6.07) is 19.2. The summed E-state index contributed by atoms with van der Waals surface area (Å²) >= 11 is 0. The highest BCUT2D eigenvalue weighted by atomic mass is 32.2. The van der Waals surface area contributed by atoms with Gasteiger partial charge in [-0.3, -0.25) is 8.98 Å². The van der Waals surface area contributed by atoms with E-state index in [4.69, 9.17) is 4.18 Å². The van der Waals surface area contributed by atoms with Gasteiger partial charge >= 0.3 is 0 Å². The molecule has 1 amide bonds. The second-order valence-corrected chi connectivity index (χ2v) is 8.41. The molecule has 1 aliphatic heterocycles. The third-order valence-corrected chi connectivity index (χ3v) is 5.52. The number of likely N-dealkylation sites (tertiary alicyclic amines) is 1. The van der Waals surface area contributed by atoms with Crippen molar-refractivity contribution in [2.45, 2.75) is 18.3 Å². The first-order valence-corrected chi connectivity index (χ1v) is 10.5. The van der Waals surface area contributed by atoms with Crippen molar-refractivity contribution in [2.75, 3.05) is 26.0 Å². The van der Waals surface area contributed by atoms with E-state index in [0.717, 1.165) is 18.2 Å². The second-order valence-electron chi connectivity index (χ2n) is 6.77. The van der Waals surface area contributed by atoms with E-state index in [-0.39, 0.29) is 17.9 Å². The zero-order chi connectivity index (χ0) is 18.6. The molecular formula is C20H23NO4S. The van der Waals surface area contributed by atoms with Gasteiger partial charge in [0.05, 0.1) is 12.9 Å². The third kappa shape index (κ3) is 4.31. The summed E-state index contributed by atoms with van der Waals surface area (Å²) in [5, 5.41) is 0. The zero-order valence-corrected chi connectivity index (χ0v) is 15.6. The fourth-order valence-electron chi connectivity index (χ4n) is 3.57. The van der Waals surface area contributed by atoms with Crippen LogP contribution >= 0.6 is 0 Å². The van der Waals surface area contributed by atoms with E-state index >= 15 is 0 Å². The van der Waals surface area contributed by atoms with Crippen LogP contribution in [0.5, 0.6) is 0 Å². The molecule has 26 heavy (non-hydrogen) atoms. The van der Waals surface area contributed by atoms with Gasteiger partial charge in [0.1, 0.15) is 0 Å². The average molecular weight is 373 g/mol. The van der Waals surface area contributed by atoms with Gasteiger partial charge < -0.3 is 4.90 Å². The predicted octanol–water partition coefficient (Wildman–Crippen LogP) is 2.84. The molecule has 6 heteroatoms. The Balaban J connectivity index is 1.80. The van der Waals surface area contributed by atoms with Gasteiger partial charge in [0.2, 0.25) is 0 Å². The van der Waals surface area contributed by atoms with Crippen LogP contribution in [0.25, 0.3) is 0 Å². The number of benzene rings is 2. The Kier molecular flexibility index (Phi) is 5.44. The predicted molar refractivity (Wildman–Crippen MR) is 100 cm³/mol. The molecule has 0 spiro atoms. The summed E-state index contributed by atoms with van der Waals surface area (Å²) in [6.45, 7) is 1.31. The molecule has 1 saturated heterocycles. The van der Waals surface area contributed by atoms with Crippen LogP contribution in [0.15, 0.2) is 60.7 Å². The molecule has 0 saturated carbocycles. The molecule has 0 aliphatic carbocycles. The number of carbonyl (C=O) groups is 1. The van der Waals surface area contributed by atoms with Gasteiger partial charge in [-0.2, -0.15) is 8.42 Å². The van der Waals surface area contributed by atoms with Crippen molar-refractivity contribution in [1.82, 2.24) is 4.90 Å². The minimum Gasteiger partial charge on any atom is -0.338 e. The lowest BCUT2D eigenvalue weighted by Crippen LogP contribution is -2.35. The number of hydrogen-bond donors (Lipinski definition) is 0. The normalized spacial score (nSPS) is 20.3. The van der Waals surface area contributed by atoms with Crippen LogP contribution in [0.3, 0.4) is 0 Å². The standard InChI is InChI=1S/C20H23NO4S/c1-26(23,24)25-15-13-20(18-10-6-3-7-11-18)12-14-21(16-20)19(22)17-8-4-2-5-9-17/h2-11H,12-16H2,1H3. The van der Waals surface area contributed by atoms with E-state index in [2.05, 4.69) is 0 Å². The maximum absolute atomic E-state index is 12.8. The monoisotopic (exact) mass is 373 g/mol. The topological polar surface area (TPSA) is 63.7 Å². The van der Waals surface area contributed by atoms with Crippen LogP contribution in [0.2, 0.25) is 0 Å². The Bertz CT molecular complexity index is 852. The van der Waals surface area contributed by atoms with Crippen molar-refractivity contribution in [1.29, 1.82) is 0 Å². The maximum Gasteiger partial charge on any atom is 0.264 e. The highest BCUT2D eigenvalue weighted by molar-refractivity contribution is 7.85. The van der Waals surface area contributed by atoms with Gasteiger partial charge in [0, 0.05) is 24.1 Å². The van der Waals surface area contributed by atoms with E-state index in [0.29, 0.717) is 25.1 Å². The molecule has 0 aromatic heterocycles. The van der Waals surface area contributed by atoms with Crippen LogP contribution in [-0.2, 0) is 19.7 Å². The fraction of sp³-hybridized carbons (Fsp3) is 0.350. The van der Waals surface area contributed by atoms with Crippen molar-refractivity contribution in [3.05, 3.63) is 71.8 Å². The molecule has 1 heterocycles. The molecule has 5 nitrogen and oxygen atoms in total. The first-order valence-electron chi connectivity index (χ1n) is 8.64. The molecule has 3 rings (SSSR count). The SMILES string of the molecule is CS(=O)(=O)OCCC1(c2ccccc2)CCN(C(=O)c2ccccc2)C1. The minimum atomic E-state index is -3.48. The molecule has 138 valence electrons. The third-order valence-electron chi connectivity index (χ3n) is 4.93. The average Bonchev–Trinajstić information content (AvgIpc) is 3.07. The number of carbonyl (C=O) groups excluding carboxylic acids is 1. The van der Waals surface area contributed by atoms with Gasteiger partial charge in [0.25, 0.3) is 16.0 Å². The van der Waals surface area contributed by atoms with Crippen LogP contribution in [-0.4, -0.2) is 45.2 Å². The van der Waals surface area contributed by atoms with Crippen molar-refractivity contribution in [2.24, 2.45) is 0 Å². The second kappa shape index (κ2) is 7.60. The summed E-state index contributed by atoms with van der Waals surface area (Å²) in [4.78, 5) is 14.6. The van der Waals surface area contributed by atoms with Crippen LogP contribution in [0, 0.1) is 0 Å². The minimum absolute atomic E-state index is 0.00689. The molecule has 1 unspecified atom stereocenters. The van der Waals surface area contributed by atoms with Gasteiger partial charge in [0.15, 0.2) is 0 Å². The Morgan fingerprint density at radius 2 is 1.69 bits per heavy atom. The lowest BCUT2D eigenvalue weighted by atomic mass is 9.77. The van der Waals surface area contributed by atoms with Crippen molar-refractivity contribution >= 4 is 16.0 Å². The van der Waals surface area contributed by atoms with Crippen molar-refractivity contribution in [3.63, 3.8) is 0 Å². The van der Waals surface area contributed by atoms with Gasteiger partial charge in [-0.15, -0.1) is 0 Å². The van der Waals surface area contributed by atoms with E-state index in [1.807, 2.05) is 65.6 Å². The summed E-state index contributed by atoms with van der Waals surface area (Å²) in [5.41, 5.74) is 1.49. The molecule has 0 bridgehead atoms. The molecule has 1 fully saturated rings. The summed E-state index contributed by atoms with van der Waals surface area (Å²) in [6.07, 6.45) is 2.38. The smallest absolute Gasteiger partial charge is 0.264 e. The summed E-state index contributed by atoms with van der Waals surface area (Å²) in [7, 11) is -3.48. The largest absolute Gasteiger partial charge is 0.338 e. The fourth-order valence-corrected chi connectivity index (χ4v) is 3.96. The first-order chi connectivity index (χ1) is 12.4. The molecule has 1 aliphatic rings. The number of nitrogens with zero attached hydrogens (tertiary/aromatic N) is 1. The van der Waals surface area contributed by atoms with Crippen LogP contribution < -0.4 is 0 Å². The summed E-state index contributed by atoms with van der Waals surface area (Å²) < 4.78 is 27.6. The lowest BCUT2D eigenvalue weighted by molar-refractivity contribution is 0.0780. The quantitative estimate of drug-likeness (QED) is 0.731. The molecule has 0 radical (unpaired) electrons. The summed E-state index contributed by atoms with van der Waals surface area (Å²) in [5.74, 6) is 0.00689. The number of rotatable bonds is 6. The molecule has 1 atom stereocenters. The van der Waals surface area contributed by atoms with Gasteiger partial charge in [-0.25, -0.2) is 0 Å². The van der Waals surface area contributed by atoms with Crippen LogP contribution in [0.1, 0.15) is 28.8 Å². The Morgan fingerprint density at radius 1 is 1.08 bits per heavy atom. The van der Waals surface area contributed by atoms with E-state index in [1.165, 1.54) is 0 Å². The molecule has 2 aromatic carbocycles. The highest BCUT2D eigenvalue weighted by Gasteiger charge is 2.41. The maximum atomic E-state index is 12.8. The number of hydrogen-bond acceptors (Lipinski definition) is 4. The molecule has 0 N–H and O–H groups in total. The van der Waals surface area contributed by atoms with Crippen molar-refractivity contribution < 1.29 is 17.4 Å². The van der Waals surface area contributed by atoms with E-state index < -0.39 is 10.1 Å². The lowest BCUT2D eigenvalue weighted by Gasteiger charge is -2.30. The van der Waals surface area contributed by atoms with Crippen molar-refractivity contribution in [3.8, 4) is 0 Å². The van der Waals surface area contributed by atoms with Crippen LogP contribution in [0.4, 0.5) is 0 Å². The number of amides is 1. The van der Waals surface area contributed by atoms with Gasteiger partial charge in [-0.1, -0.05) is 48.5 Å². The molecule has 2 aromatic rings. The first kappa shape index (κ1) is 18.6. The highest BCUT2D eigenvalue weighted by Crippen LogP contribution is 2.38.